The van der Waals surface area contributed by atoms with Crippen LogP contribution in [0, 0.1) is 5.82 Å². The molecule has 1 aliphatic carbocycles. The second-order valence-corrected chi connectivity index (χ2v) is 5.85. The van der Waals surface area contributed by atoms with Crippen molar-refractivity contribution in [3.63, 3.8) is 0 Å². The topological polar surface area (TPSA) is 59.6 Å². The average molecular weight is 313 g/mol. The van der Waals surface area contributed by atoms with Gasteiger partial charge in [-0.2, -0.15) is 0 Å². The number of anilines is 1. The molecule has 0 heterocycles. The monoisotopic (exact) mass is 313 g/mol. The lowest BCUT2D eigenvalue weighted by Crippen LogP contribution is -2.25. The number of hydrogen-bond acceptors (Lipinski definition) is 2. The largest absolute Gasteiger partial charge is 0.497 e. The van der Waals surface area contributed by atoms with E-state index in [1.165, 1.54) is 6.07 Å². The Bertz CT molecular complexity index is 708. The van der Waals surface area contributed by atoms with Crippen LogP contribution in [0.3, 0.4) is 0 Å². The van der Waals surface area contributed by atoms with E-state index in [0.29, 0.717) is 12.5 Å². The summed E-state index contributed by atoms with van der Waals surface area (Å²) in [4.78, 5) is 4.43. The molecule has 0 aliphatic heterocycles. The lowest BCUT2D eigenvalue weighted by molar-refractivity contribution is 0.415. The van der Waals surface area contributed by atoms with Crippen molar-refractivity contribution in [3.8, 4) is 5.75 Å². The molecule has 0 amide bonds. The molecular formula is C18H20FN3O. The van der Waals surface area contributed by atoms with Crippen LogP contribution >= 0.6 is 0 Å². The normalized spacial score (nSPS) is 16.0. The average Bonchev–Trinajstić information content (AvgIpc) is 3.35. The van der Waals surface area contributed by atoms with Gasteiger partial charge in [0.15, 0.2) is 5.96 Å². The molecule has 0 bridgehead atoms. The number of rotatable bonds is 5. The highest BCUT2D eigenvalue weighted by Crippen LogP contribution is 2.48. The molecule has 3 rings (SSSR count). The first kappa shape index (κ1) is 15.3. The van der Waals surface area contributed by atoms with Crippen LogP contribution in [0.25, 0.3) is 0 Å². The maximum atomic E-state index is 13.4. The Labute approximate surface area is 135 Å². The van der Waals surface area contributed by atoms with E-state index in [9.17, 15) is 4.39 Å². The number of nitrogens with zero attached hydrogens (tertiary/aromatic N) is 1. The summed E-state index contributed by atoms with van der Waals surface area (Å²) >= 11 is 0. The van der Waals surface area contributed by atoms with Crippen LogP contribution in [0.4, 0.5) is 10.1 Å². The molecule has 1 aliphatic rings. The van der Waals surface area contributed by atoms with E-state index in [1.807, 2.05) is 30.3 Å². The molecule has 4 nitrogen and oxygen atoms in total. The molecule has 23 heavy (non-hydrogen) atoms. The molecule has 0 spiro atoms. The third kappa shape index (κ3) is 3.62. The van der Waals surface area contributed by atoms with Crippen molar-refractivity contribution in [2.45, 2.75) is 18.3 Å². The van der Waals surface area contributed by atoms with E-state index in [1.54, 1.807) is 19.2 Å². The molecule has 0 unspecified atom stereocenters. The van der Waals surface area contributed by atoms with Gasteiger partial charge in [-0.25, -0.2) is 4.39 Å². The lowest BCUT2D eigenvalue weighted by atomic mass is 9.96. The molecule has 0 atom stereocenters. The molecule has 0 radical (unpaired) electrons. The minimum Gasteiger partial charge on any atom is -0.497 e. The quantitative estimate of drug-likeness (QED) is 0.658. The summed E-state index contributed by atoms with van der Waals surface area (Å²) in [5.74, 6) is 0.939. The summed E-state index contributed by atoms with van der Waals surface area (Å²) in [6.07, 6.45) is 2.02. The Morgan fingerprint density at radius 3 is 2.61 bits per heavy atom. The van der Waals surface area contributed by atoms with Gasteiger partial charge in [-0.05, 0) is 54.8 Å². The zero-order chi connectivity index (χ0) is 16.3. The molecule has 1 fully saturated rings. The predicted molar refractivity (Wildman–Crippen MR) is 90.4 cm³/mol. The summed E-state index contributed by atoms with van der Waals surface area (Å²) in [5, 5.41) is 3.05. The second-order valence-electron chi connectivity index (χ2n) is 5.85. The van der Waals surface area contributed by atoms with E-state index in [0.717, 1.165) is 29.8 Å². The Hall–Kier alpha value is -2.56. The summed E-state index contributed by atoms with van der Waals surface area (Å²) in [5.41, 5.74) is 7.74. The maximum Gasteiger partial charge on any atom is 0.193 e. The Morgan fingerprint density at radius 2 is 2.00 bits per heavy atom. The van der Waals surface area contributed by atoms with Crippen molar-refractivity contribution in [1.29, 1.82) is 0 Å². The first-order chi connectivity index (χ1) is 11.1. The summed E-state index contributed by atoms with van der Waals surface area (Å²) in [6, 6.07) is 14.2. The van der Waals surface area contributed by atoms with Crippen LogP contribution in [0.15, 0.2) is 53.5 Å². The number of nitrogens with two attached hydrogens (primary N) is 1. The van der Waals surface area contributed by atoms with Gasteiger partial charge in [-0.1, -0.05) is 12.1 Å². The Balaban J connectivity index is 1.64. The Morgan fingerprint density at radius 1 is 1.26 bits per heavy atom. The number of halogens is 1. The second kappa shape index (κ2) is 6.28. The van der Waals surface area contributed by atoms with E-state index in [4.69, 9.17) is 10.5 Å². The number of benzene rings is 2. The SMILES string of the molecule is COc1ccc(NC(N)=NCC2(c3cccc(F)c3)CC2)cc1. The number of guanidine groups is 1. The minimum absolute atomic E-state index is 0.0612. The molecule has 0 saturated heterocycles. The fraction of sp³-hybridized carbons (Fsp3) is 0.278. The zero-order valence-corrected chi connectivity index (χ0v) is 13.1. The highest BCUT2D eigenvalue weighted by molar-refractivity contribution is 5.92. The first-order valence-corrected chi connectivity index (χ1v) is 7.58. The molecular weight excluding hydrogens is 293 g/mol. The van der Waals surface area contributed by atoms with E-state index in [-0.39, 0.29) is 11.2 Å². The van der Waals surface area contributed by atoms with Gasteiger partial charge in [-0.3, -0.25) is 4.99 Å². The van der Waals surface area contributed by atoms with Crippen molar-refractivity contribution in [2.24, 2.45) is 10.7 Å². The van der Waals surface area contributed by atoms with Crippen LogP contribution < -0.4 is 15.8 Å². The number of hydrogen-bond donors (Lipinski definition) is 2. The van der Waals surface area contributed by atoms with Gasteiger partial charge in [0.2, 0.25) is 0 Å². The third-order valence-corrected chi connectivity index (χ3v) is 4.21. The fourth-order valence-electron chi connectivity index (χ4n) is 2.61. The smallest absolute Gasteiger partial charge is 0.193 e. The predicted octanol–water partition coefficient (Wildman–Crippen LogP) is 3.29. The molecule has 3 N–H and O–H groups in total. The lowest BCUT2D eigenvalue weighted by Gasteiger charge is -2.14. The number of ether oxygens (including phenoxy) is 1. The molecule has 5 heteroatoms. The van der Waals surface area contributed by atoms with Crippen LogP contribution in [0.5, 0.6) is 5.75 Å². The molecule has 2 aromatic rings. The first-order valence-electron chi connectivity index (χ1n) is 7.58. The molecule has 120 valence electrons. The maximum absolute atomic E-state index is 13.4. The molecule has 2 aromatic carbocycles. The van der Waals surface area contributed by atoms with Crippen LogP contribution in [0.1, 0.15) is 18.4 Å². The van der Waals surface area contributed by atoms with Gasteiger partial charge in [-0.15, -0.1) is 0 Å². The number of methoxy groups -OCH3 is 1. The van der Waals surface area contributed by atoms with Crippen molar-refractivity contribution in [3.05, 3.63) is 59.9 Å². The summed E-state index contributed by atoms with van der Waals surface area (Å²) in [6.45, 7) is 0.561. The van der Waals surface area contributed by atoms with Gasteiger partial charge < -0.3 is 15.8 Å². The number of aliphatic imine (C=N–C) groups is 1. The van der Waals surface area contributed by atoms with Crippen LogP contribution in [-0.2, 0) is 5.41 Å². The summed E-state index contributed by atoms with van der Waals surface area (Å²) in [7, 11) is 1.62. The van der Waals surface area contributed by atoms with Gasteiger partial charge in [0.1, 0.15) is 11.6 Å². The van der Waals surface area contributed by atoms with Crippen LogP contribution in [-0.4, -0.2) is 19.6 Å². The van der Waals surface area contributed by atoms with E-state index in [2.05, 4.69) is 10.3 Å². The summed E-state index contributed by atoms with van der Waals surface area (Å²) < 4.78 is 18.5. The van der Waals surface area contributed by atoms with Crippen molar-refractivity contribution < 1.29 is 9.13 Å². The van der Waals surface area contributed by atoms with E-state index >= 15 is 0 Å². The van der Waals surface area contributed by atoms with Gasteiger partial charge >= 0.3 is 0 Å². The van der Waals surface area contributed by atoms with Crippen LogP contribution in [0.2, 0.25) is 0 Å². The highest BCUT2D eigenvalue weighted by atomic mass is 19.1. The third-order valence-electron chi connectivity index (χ3n) is 4.21. The molecule has 0 aromatic heterocycles. The minimum atomic E-state index is -0.206. The van der Waals surface area contributed by atoms with Crippen molar-refractivity contribution in [2.75, 3.05) is 19.0 Å². The number of nitrogens with one attached hydrogen (secondary N) is 1. The van der Waals surface area contributed by atoms with Crippen molar-refractivity contribution in [1.82, 2.24) is 0 Å². The fourth-order valence-corrected chi connectivity index (χ4v) is 2.61. The molecule has 1 saturated carbocycles. The van der Waals surface area contributed by atoms with Gasteiger partial charge in [0.05, 0.1) is 13.7 Å². The zero-order valence-electron chi connectivity index (χ0n) is 13.1. The van der Waals surface area contributed by atoms with E-state index < -0.39 is 0 Å². The van der Waals surface area contributed by atoms with Crippen molar-refractivity contribution >= 4 is 11.6 Å². The van der Waals surface area contributed by atoms with Gasteiger partial charge in [0, 0.05) is 11.1 Å². The highest BCUT2D eigenvalue weighted by Gasteiger charge is 2.44. The standard InChI is InChI=1S/C18H20FN3O/c1-23-16-7-5-15(6-8-16)22-17(20)21-12-18(9-10-18)13-3-2-4-14(19)11-13/h2-8,11H,9-10,12H2,1H3,(H3,20,21,22). The Kier molecular flexibility index (Phi) is 4.19. The van der Waals surface area contributed by atoms with Gasteiger partial charge in [0.25, 0.3) is 0 Å².